The number of ether oxygens (including phenoxy) is 2. The molecule has 28 heavy (non-hydrogen) atoms. The average Bonchev–Trinajstić information content (AvgIpc) is 2.67. The highest BCUT2D eigenvalue weighted by Gasteiger charge is 2.20. The standard InChI is InChI=1S/C26H38O2/c1-6-23(20-21(2)3)24-15-17-25(18-16-24)28-26(4,5)27-19-11-10-14-22-12-8-7-9-13-22/h7-9,12-13,15-18,21,23H,6,10-11,14,19-20H2,1-5H3. The summed E-state index contributed by atoms with van der Waals surface area (Å²) in [4.78, 5) is 0. The van der Waals surface area contributed by atoms with E-state index in [1.54, 1.807) is 0 Å². The van der Waals surface area contributed by atoms with E-state index >= 15 is 0 Å². The first-order valence-electron chi connectivity index (χ1n) is 10.9. The summed E-state index contributed by atoms with van der Waals surface area (Å²) in [6, 6.07) is 19.2. The molecule has 0 bridgehead atoms. The van der Waals surface area contributed by atoms with Gasteiger partial charge in [0.15, 0.2) is 0 Å². The second-order valence-corrected chi connectivity index (χ2v) is 8.60. The largest absolute Gasteiger partial charge is 0.463 e. The molecule has 0 saturated heterocycles. The summed E-state index contributed by atoms with van der Waals surface area (Å²) >= 11 is 0. The molecule has 0 heterocycles. The first kappa shape index (κ1) is 22.5. The number of aryl methyl sites for hydroxylation is 1. The lowest BCUT2D eigenvalue weighted by Crippen LogP contribution is -2.32. The molecule has 2 aromatic rings. The van der Waals surface area contributed by atoms with Gasteiger partial charge in [0.25, 0.3) is 0 Å². The van der Waals surface area contributed by atoms with Crippen molar-refractivity contribution in [3.05, 3.63) is 65.7 Å². The van der Waals surface area contributed by atoms with Gasteiger partial charge in [-0.25, -0.2) is 0 Å². The Bertz CT molecular complexity index is 659. The highest BCUT2D eigenvalue weighted by Crippen LogP contribution is 2.29. The molecule has 1 atom stereocenters. The van der Waals surface area contributed by atoms with Crippen LogP contribution in [0.1, 0.15) is 77.3 Å². The van der Waals surface area contributed by atoms with Crippen molar-refractivity contribution in [3.8, 4) is 5.75 Å². The molecule has 2 rings (SSSR count). The summed E-state index contributed by atoms with van der Waals surface area (Å²) in [5.74, 6) is 1.60. The molecule has 0 amide bonds. The van der Waals surface area contributed by atoms with Crippen LogP contribution in [-0.2, 0) is 11.2 Å². The molecule has 0 aliphatic heterocycles. The first-order chi connectivity index (χ1) is 13.4. The molecule has 2 nitrogen and oxygen atoms in total. The van der Waals surface area contributed by atoms with E-state index in [4.69, 9.17) is 9.47 Å². The van der Waals surface area contributed by atoms with Crippen LogP contribution in [0.15, 0.2) is 54.6 Å². The smallest absolute Gasteiger partial charge is 0.204 e. The van der Waals surface area contributed by atoms with E-state index in [1.807, 2.05) is 13.8 Å². The fourth-order valence-corrected chi connectivity index (χ4v) is 3.62. The Labute approximate surface area is 172 Å². The van der Waals surface area contributed by atoms with Crippen LogP contribution in [0.25, 0.3) is 0 Å². The van der Waals surface area contributed by atoms with Gasteiger partial charge in [-0.05, 0) is 67.2 Å². The number of unbranched alkanes of at least 4 members (excludes halogenated alkanes) is 1. The molecule has 154 valence electrons. The summed E-state index contributed by atoms with van der Waals surface area (Å²) in [5.41, 5.74) is 2.80. The highest BCUT2D eigenvalue weighted by atomic mass is 16.7. The Morgan fingerprint density at radius 2 is 1.57 bits per heavy atom. The van der Waals surface area contributed by atoms with Gasteiger partial charge in [-0.1, -0.05) is 63.2 Å². The van der Waals surface area contributed by atoms with Crippen LogP contribution < -0.4 is 4.74 Å². The van der Waals surface area contributed by atoms with Gasteiger partial charge < -0.3 is 9.47 Å². The fourth-order valence-electron chi connectivity index (χ4n) is 3.62. The lowest BCUT2D eigenvalue weighted by Gasteiger charge is -2.27. The van der Waals surface area contributed by atoms with Crippen molar-refractivity contribution in [1.82, 2.24) is 0 Å². The summed E-state index contributed by atoms with van der Waals surface area (Å²) < 4.78 is 12.1. The third-order valence-corrected chi connectivity index (χ3v) is 5.12. The van der Waals surface area contributed by atoms with Crippen molar-refractivity contribution < 1.29 is 9.47 Å². The minimum Gasteiger partial charge on any atom is -0.463 e. The lowest BCUT2D eigenvalue weighted by atomic mass is 9.88. The Morgan fingerprint density at radius 3 is 2.18 bits per heavy atom. The van der Waals surface area contributed by atoms with Gasteiger partial charge in [-0.3, -0.25) is 0 Å². The molecular weight excluding hydrogens is 344 g/mol. The predicted octanol–water partition coefficient (Wildman–Crippen LogP) is 7.38. The summed E-state index contributed by atoms with van der Waals surface area (Å²) in [6.07, 6.45) is 5.67. The quantitative estimate of drug-likeness (QED) is 0.281. The van der Waals surface area contributed by atoms with E-state index in [0.717, 1.165) is 30.9 Å². The van der Waals surface area contributed by atoms with Crippen LogP contribution in [-0.4, -0.2) is 12.4 Å². The normalized spacial score (nSPS) is 12.9. The minimum absolute atomic E-state index is 0.615. The van der Waals surface area contributed by atoms with Crippen LogP contribution in [0.2, 0.25) is 0 Å². The fraction of sp³-hybridized carbons (Fsp3) is 0.538. The summed E-state index contributed by atoms with van der Waals surface area (Å²) in [7, 11) is 0. The second kappa shape index (κ2) is 11.3. The average molecular weight is 383 g/mol. The van der Waals surface area contributed by atoms with Crippen molar-refractivity contribution in [2.45, 2.75) is 78.4 Å². The van der Waals surface area contributed by atoms with E-state index in [9.17, 15) is 0 Å². The molecule has 0 aliphatic carbocycles. The molecule has 0 spiro atoms. The molecule has 0 aromatic heterocycles. The van der Waals surface area contributed by atoms with Crippen molar-refractivity contribution in [1.29, 1.82) is 0 Å². The predicted molar refractivity (Wildman–Crippen MR) is 119 cm³/mol. The van der Waals surface area contributed by atoms with E-state index in [1.165, 1.54) is 24.0 Å². The monoisotopic (exact) mass is 382 g/mol. The Hall–Kier alpha value is -1.80. The Kier molecular flexibility index (Phi) is 9.05. The van der Waals surface area contributed by atoms with E-state index in [-0.39, 0.29) is 0 Å². The van der Waals surface area contributed by atoms with Crippen LogP contribution in [0.3, 0.4) is 0 Å². The molecule has 2 heteroatoms. The van der Waals surface area contributed by atoms with Crippen molar-refractivity contribution in [2.75, 3.05) is 6.61 Å². The van der Waals surface area contributed by atoms with Gasteiger partial charge in [0.05, 0.1) is 6.61 Å². The maximum Gasteiger partial charge on any atom is 0.204 e. The van der Waals surface area contributed by atoms with Crippen LogP contribution in [0, 0.1) is 5.92 Å². The Morgan fingerprint density at radius 1 is 0.893 bits per heavy atom. The minimum atomic E-state index is -0.615. The Balaban J connectivity index is 1.76. The molecule has 0 saturated carbocycles. The molecule has 2 aromatic carbocycles. The second-order valence-electron chi connectivity index (χ2n) is 8.60. The molecule has 0 radical (unpaired) electrons. The van der Waals surface area contributed by atoms with Crippen molar-refractivity contribution in [2.24, 2.45) is 5.92 Å². The number of rotatable bonds is 12. The lowest BCUT2D eigenvalue weighted by molar-refractivity contribution is -0.156. The summed E-state index contributed by atoms with van der Waals surface area (Å²) in [5, 5.41) is 0. The maximum atomic E-state index is 6.09. The maximum absolute atomic E-state index is 6.09. The van der Waals surface area contributed by atoms with E-state index < -0.39 is 5.79 Å². The van der Waals surface area contributed by atoms with Gasteiger partial charge in [0.2, 0.25) is 5.79 Å². The van der Waals surface area contributed by atoms with Crippen molar-refractivity contribution >= 4 is 0 Å². The molecule has 0 fully saturated rings. The topological polar surface area (TPSA) is 18.5 Å². The van der Waals surface area contributed by atoms with Crippen LogP contribution in [0.4, 0.5) is 0 Å². The zero-order valence-electron chi connectivity index (χ0n) is 18.4. The molecular formula is C26H38O2. The first-order valence-corrected chi connectivity index (χ1v) is 10.9. The van der Waals surface area contributed by atoms with Gasteiger partial charge in [0.1, 0.15) is 5.75 Å². The van der Waals surface area contributed by atoms with Crippen molar-refractivity contribution in [3.63, 3.8) is 0 Å². The van der Waals surface area contributed by atoms with Gasteiger partial charge in [0, 0.05) is 13.8 Å². The zero-order valence-corrected chi connectivity index (χ0v) is 18.4. The number of benzene rings is 2. The zero-order chi connectivity index (χ0) is 20.4. The van der Waals surface area contributed by atoms with Gasteiger partial charge >= 0.3 is 0 Å². The third-order valence-electron chi connectivity index (χ3n) is 5.12. The number of hydrogen-bond donors (Lipinski definition) is 0. The SMILES string of the molecule is CCC(CC(C)C)c1ccc(OC(C)(C)OCCCCc2ccccc2)cc1. The van der Waals surface area contributed by atoms with Gasteiger partial charge in [-0.2, -0.15) is 0 Å². The van der Waals surface area contributed by atoms with Crippen LogP contribution in [0.5, 0.6) is 5.75 Å². The summed E-state index contributed by atoms with van der Waals surface area (Å²) in [6.45, 7) is 11.5. The molecule has 1 unspecified atom stereocenters. The van der Waals surface area contributed by atoms with E-state index in [2.05, 4.69) is 75.4 Å². The highest BCUT2D eigenvalue weighted by molar-refractivity contribution is 5.29. The van der Waals surface area contributed by atoms with Gasteiger partial charge in [-0.15, -0.1) is 0 Å². The number of hydrogen-bond acceptors (Lipinski definition) is 2. The van der Waals surface area contributed by atoms with Crippen LogP contribution >= 0.6 is 0 Å². The molecule has 0 N–H and O–H groups in total. The third kappa shape index (κ3) is 8.06. The molecule has 0 aliphatic rings. The van der Waals surface area contributed by atoms with E-state index in [0.29, 0.717) is 12.5 Å².